The molecular formula is C17H15N3O4S. The van der Waals surface area contributed by atoms with Crippen LogP contribution in [0.3, 0.4) is 0 Å². The second-order valence-corrected chi connectivity index (χ2v) is 6.85. The molecule has 2 aromatic heterocycles. The van der Waals surface area contributed by atoms with Crippen molar-refractivity contribution in [2.24, 2.45) is 0 Å². The van der Waals surface area contributed by atoms with Gasteiger partial charge in [0.25, 0.3) is 15.9 Å². The molecule has 8 heteroatoms. The molecular weight excluding hydrogens is 342 g/mol. The first-order valence-electron chi connectivity index (χ1n) is 7.38. The number of carbonyl (C=O) groups excluding carboxylic acids is 1. The van der Waals surface area contributed by atoms with E-state index in [9.17, 15) is 13.2 Å². The van der Waals surface area contributed by atoms with Gasteiger partial charge in [0.1, 0.15) is 0 Å². The SMILES string of the molecule is O=C(Nc1cccnc1)c1ccc(CNS(=O)(=O)c2ccco2)cc1. The minimum absolute atomic E-state index is 0.0908. The maximum Gasteiger partial charge on any atom is 0.274 e. The summed E-state index contributed by atoms with van der Waals surface area (Å²) in [5.41, 5.74) is 1.78. The number of rotatable bonds is 6. The molecule has 3 rings (SSSR count). The van der Waals surface area contributed by atoms with Crippen molar-refractivity contribution in [1.29, 1.82) is 0 Å². The number of nitrogens with one attached hydrogen (secondary N) is 2. The second kappa shape index (κ2) is 7.29. The van der Waals surface area contributed by atoms with Gasteiger partial charge in [-0.25, -0.2) is 13.1 Å². The number of nitrogens with zero attached hydrogens (tertiary/aromatic N) is 1. The highest BCUT2D eigenvalue weighted by atomic mass is 32.2. The van der Waals surface area contributed by atoms with Crippen LogP contribution in [0.1, 0.15) is 15.9 Å². The number of sulfonamides is 1. The third-order valence-electron chi connectivity index (χ3n) is 3.36. The Bertz CT molecular complexity index is 937. The molecule has 0 aliphatic carbocycles. The van der Waals surface area contributed by atoms with Crippen LogP contribution in [0, 0.1) is 0 Å². The first kappa shape index (κ1) is 16.9. The number of benzene rings is 1. The van der Waals surface area contributed by atoms with Crippen LogP contribution < -0.4 is 10.0 Å². The predicted octanol–water partition coefficient (Wildman–Crippen LogP) is 2.41. The molecule has 1 amide bonds. The van der Waals surface area contributed by atoms with Crippen molar-refractivity contribution in [3.05, 3.63) is 78.3 Å². The number of anilines is 1. The highest BCUT2D eigenvalue weighted by molar-refractivity contribution is 7.89. The third kappa shape index (κ3) is 4.31. The monoisotopic (exact) mass is 357 g/mol. The Morgan fingerprint density at radius 3 is 2.52 bits per heavy atom. The van der Waals surface area contributed by atoms with Gasteiger partial charge in [-0.3, -0.25) is 9.78 Å². The molecule has 0 aliphatic rings. The fourth-order valence-corrected chi connectivity index (χ4v) is 3.02. The molecule has 2 heterocycles. The van der Waals surface area contributed by atoms with Gasteiger partial charge < -0.3 is 9.73 Å². The Kier molecular flexibility index (Phi) is 4.92. The molecule has 7 nitrogen and oxygen atoms in total. The number of aromatic nitrogens is 1. The Morgan fingerprint density at radius 1 is 1.08 bits per heavy atom. The lowest BCUT2D eigenvalue weighted by Crippen LogP contribution is -2.22. The molecule has 2 N–H and O–H groups in total. The molecule has 0 bridgehead atoms. The lowest BCUT2D eigenvalue weighted by atomic mass is 10.1. The zero-order valence-electron chi connectivity index (χ0n) is 13.0. The predicted molar refractivity (Wildman–Crippen MR) is 91.4 cm³/mol. The molecule has 0 atom stereocenters. The minimum atomic E-state index is -3.69. The number of carbonyl (C=O) groups is 1. The fourth-order valence-electron chi connectivity index (χ4n) is 2.08. The van der Waals surface area contributed by atoms with E-state index in [1.165, 1.54) is 18.4 Å². The van der Waals surface area contributed by atoms with Crippen molar-refractivity contribution in [3.63, 3.8) is 0 Å². The Hall–Kier alpha value is -2.97. The Morgan fingerprint density at radius 2 is 1.88 bits per heavy atom. The first-order chi connectivity index (χ1) is 12.0. The van der Waals surface area contributed by atoms with Crippen LogP contribution in [0.2, 0.25) is 0 Å². The summed E-state index contributed by atoms with van der Waals surface area (Å²) in [7, 11) is -3.69. The lowest BCUT2D eigenvalue weighted by molar-refractivity contribution is 0.102. The van der Waals surface area contributed by atoms with Gasteiger partial charge in [-0.1, -0.05) is 12.1 Å². The van der Waals surface area contributed by atoms with E-state index in [1.807, 2.05) is 0 Å². The molecule has 128 valence electrons. The van der Waals surface area contributed by atoms with Crippen LogP contribution in [0.15, 0.2) is 76.7 Å². The van der Waals surface area contributed by atoms with Crippen molar-refractivity contribution in [2.45, 2.75) is 11.6 Å². The highest BCUT2D eigenvalue weighted by Gasteiger charge is 2.16. The van der Waals surface area contributed by atoms with Gasteiger partial charge in [-0.2, -0.15) is 0 Å². The molecule has 1 aromatic carbocycles. The number of amides is 1. The average Bonchev–Trinajstić information content (AvgIpc) is 3.17. The van der Waals surface area contributed by atoms with E-state index in [1.54, 1.807) is 48.8 Å². The summed E-state index contributed by atoms with van der Waals surface area (Å²) in [6.07, 6.45) is 4.47. The molecule has 0 unspecified atom stereocenters. The van der Waals surface area contributed by atoms with Crippen LogP contribution in [0.5, 0.6) is 0 Å². The summed E-state index contributed by atoms with van der Waals surface area (Å²) in [5, 5.41) is 2.59. The van der Waals surface area contributed by atoms with Gasteiger partial charge in [-0.05, 0) is 42.0 Å². The summed E-state index contributed by atoms with van der Waals surface area (Å²) in [6, 6.07) is 13.0. The minimum Gasteiger partial charge on any atom is -0.452 e. The number of hydrogen-bond acceptors (Lipinski definition) is 5. The summed E-state index contributed by atoms with van der Waals surface area (Å²) in [4.78, 5) is 16.1. The van der Waals surface area contributed by atoms with E-state index in [0.717, 1.165) is 0 Å². The number of furan rings is 1. The maximum atomic E-state index is 12.1. The van der Waals surface area contributed by atoms with E-state index in [4.69, 9.17) is 4.42 Å². The number of hydrogen-bond donors (Lipinski definition) is 2. The summed E-state index contributed by atoms with van der Waals surface area (Å²) < 4.78 is 31.3. The van der Waals surface area contributed by atoms with Crippen molar-refractivity contribution in [2.75, 3.05) is 5.32 Å². The summed E-state index contributed by atoms with van der Waals surface area (Å²) >= 11 is 0. The van der Waals surface area contributed by atoms with Crippen LogP contribution in [-0.2, 0) is 16.6 Å². The van der Waals surface area contributed by atoms with Crippen LogP contribution in [-0.4, -0.2) is 19.3 Å². The van der Waals surface area contributed by atoms with Gasteiger partial charge in [-0.15, -0.1) is 0 Å². The zero-order valence-corrected chi connectivity index (χ0v) is 13.9. The van der Waals surface area contributed by atoms with E-state index >= 15 is 0 Å². The fraction of sp³-hybridized carbons (Fsp3) is 0.0588. The first-order valence-corrected chi connectivity index (χ1v) is 8.86. The van der Waals surface area contributed by atoms with Gasteiger partial charge in [0.05, 0.1) is 18.1 Å². The molecule has 0 fully saturated rings. The van der Waals surface area contributed by atoms with Gasteiger partial charge >= 0.3 is 0 Å². The van der Waals surface area contributed by atoms with E-state index in [0.29, 0.717) is 16.8 Å². The molecule has 25 heavy (non-hydrogen) atoms. The van der Waals surface area contributed by atoms with Crippen LogP contribution in [0.25, 0.3) is 0 Å². The largest absolute Gasteiger partial charge is 0.452 e. The highest BCUT2D eigenvalue weighted by Crippen LogP contribution is 2.11. The molecule has 0 saturated carbocycles. The number of pyridine rings is 1. The average molecular weight is 357 g/mol. The van der Waals surface area contributed by atoms with Crippen molar-refractivity contribution < 1.29 is 17.6 Å². The molecule has 0 aliphatic heterocycles. The zero-order chi connectivity index (χ0) is 17.7. The summed E-state index contributed by atoms with van der Waals surface area (Å²) in [5.74, 6) is -0.268. The lowest BCUT2D eigenvalue weighted by Gasteiger charge is -2.07. The van der Waals surface area contributed by atoms with E-state index in [-0.39, 0.29) is 17.5 Å². The van der Waals surface area contributed by atoms with Crippen molar-refractivity contribution >= 4 is 21.6 Å². The molecule has 0 radical (unpaired) electrons. The normalized spacial score (nSPS) is 11.2. The third-order valence-corrected chi connectivity index (χ3v) is 4.65. The topological polar surface area (TPSA) is 101 Å². The van der Waals surface area contributed by atoms with E-state index in [2.05, 4.69) is 15.0 Å². The van der Waals surface area contributed by atoms with Crippen LogP contribution >= 0.6 is 0 Å². The smallest absolute Gasteiger partial charge is 0.274 e. The Balaban J connectivity index is 1.61. The van der Waals surface area contributed by atoms with Crippen molar-refractivity contribution in [3.8, 4) is 0 Å². The molecule has 3 aromatic rings. The van der Waals surface area contributed by atoms with E-state index < -0.39 is 10.0 Å². The van der Waals surface area contributed by atoms with Gasteiger partial charge in [0.15, 0.2) is 0 Å². The van der Waals surface area contributed by atoms with Gasteiger partial charge in [0, 0.05) is 18.3 Å². The molecule has 0 saturated heterocycles. The van der Waals surface area contributed by atoms with Gasteiger partial charge in [0.2, 0.25) is 5.09 Å². The van der Waals surface area contributed by atoms with Crippen molar-refractivity contribution in [1.82, 2.24) is 9.71 Å². The standard InChI is InChI=1S/C17H15N3O4S/c21-17(20-15-3-1-9-18-12-15)14-7-5-13(6-8-14)11-19-25(22,23)16-4-2-10-24-16/h1-10,12,19H,11H2,(H,20,21). The quantitative estimate of drug-likeness (QED) is 0.705. The Labute approximate surface area is 144 Å². The summed E-state index contributed by atoms with van der Waals surface area (Å²) in [6.45, 7) is 0.0908. The maximum absolute atomic E-state index is 12.1. The second-order valence-electron chi connectivity index (χ2n) is 5.15. The molecule has 0 spiro atoms. The van der Waals surface area contributed by atoms with Crippen LogP contribution in [0.4, 0.5) is 5.69 Å².